The predicted octanol–water partition coefficient (Wildman–Crippen LogP) is 2.17. The highest BCUT2D eigenvalue weighted by Crippen LogP contribution is 2.40. The molecule has 1 aromatic rings. The largest absolute Gasteiger partial charge is 0.394 e. The normalized spacial score (nSPS) is 18.4. The zero-order valence-electron chi connectivity index (χ0n) is 11.1. The quantitative estimate of drug-likeness (QED) is 0.724. The van der Waals surface area contributed by atoms with Gasteiger partial charge >= 0.3 is 0 Å². The predicted molar refractivity (Wildman–Crippen MR) is 70.6 cm³/mol. The molecule has 1 saturated carbocycles. The summed E-state index contributed by atoms with van der Waals surface area (Å²) in [4.78, 5) is 15.4. The van der Waals surface area contributed by atoms with E-state index >= 15 is 0 Å². The topological polar surface area (TPSA) is 65.1 Å². The van der Waals surface area contributed by atoms with Crippen LogP contribution in [0.2, 0.25) is 0 Å². The standard InChI is InChI=1S/C14H22N2O2/c1-3-7-14(2,9-17)16-13(18)11-6-8-15-12(11)10-4-5-10/h6,8,10,15,17H,3-5,7,9H2,1-2H3,(H,16,18). The van der Waals surface area contributed by atoms with Gasteiger partial charge in [0.25, 0.3) is 5.91 Å². The Morgan fingerprint density at radius 3 is 2.89 bits per heavy atom. The SMILES string of the molecule is CCCC(C)(CO)NC(=O)c1cc[nH]c1C1CC1. The molecule has 0 bridgehead atoms. The molecule has 0 aliphatic heterocycles. The van der Waals surface area contributed by atoms with E-state index in [1.54, 1.807) is 0 Å². The second-order valence-electron chi connectivity index (χ2n) is 5.50. The lowest BCUT2D eigenvalue weighted by Crippen LogP contribution is -2.48. The Hall–Kier alpha value is -1.29. The Morgan fingerprint density at radius 1 is 1.61 bits per heavy atom. The van der Waals surface area contributed by atoms with E-state index in [1.807, 2.05) is 26.1 Å². The summed E-state index contributed by atoms with van der Waals surface area (Å²) in [7, 11) is 0. The van der Waals surface area contributed by atoms with Crippen molar-refractivity contribution in [2.75, 3.05) is 6.61 Å². The molecule has 2 rings (SSSR count). The molecule has 4 heteroatoms. The van der Waals surface area contributed by atoms with Gasteiger partial charge in [-0.1, -0.05) is 13.3 Å². The van der Waals surface area contributed by atoms with Crippen molar-refractivity contribution >= 4 is 5.91 Å². The monoisotopic (exact) mass is 250 g/mol. The van der Waals surface area contributed by atoms with Gasteiger partial charge in [-0.3, -0.25) is 4.79 Å². The number of carbonyl (C=O) groups excluding carboxylic acids is 1. The molecule has 1 heterocycles. The van der Waals surface area contributed by atoms with E-state index in [1.165, 1.54) is 0 Å². The smallest absolute Gasteiger partial charge is 0.253 e. The third-order valence-corrected chi connectivity index (χ3v) is 3.58. The number of aromatic nitrogens is 1. The molecule has 100 valence electrons. The van der Waals surface area contributed by atoms with E-state index in [2.05, 4.69) is 10.3 Å². The minimum Gasteiger partial charge on any atom is -0.394 e. The number of amides is 1. The minimum atomic E-state index is -0.524. The molecule has 0 aromatic carbocycles. The fraction of sp³-hybridized carbons (Fsp3) is 0.643. The fourth-order valence-corrected chi connectivity index (χ4v) is 2.36. The Morgan fingerprint density at radius 2 is 2.33 bits per heavy atom. The van der Waals surface area contributed by atoms with Crippen LogP contribution in [-0.4, -0.2) is 28.1 Å². The van der Waals surface area contributed by atoms with Gasteiger partial charge in [0.1, 0.15) is 0 Å². The molecule has 18 heavy (non-hydrogen) atoms. The lowest BCUT2D eigenvalue weighted by molar-refractivity contribution is 0.0840. The van der Waals surface area contributed by atoms with Crippen LogP contribution in [0.15, 0.2) is 12.3 Å². The number of H-pyrrole nitrogens is 1. The summed E-state index contributed by atoms with van der Waals surface area (Å²) in [6.45, 7) is 3.90. The van der Waals surface area contributed by atoms with Gasteiger partial charge in [-0.15, -0.1) is 0 Å². The van der Waals surface area contributed by atoms with Crippen LogP contribution in [0, 0.1) is 0 Å². The van der Waals surface area contributed by atoms with Gasteiger partial charge in [-0.25, -0.2) is 0 Å². The third kappa shape index (κ3) is 2.75. The van der Waals surface area contributed by atoms with Gasteiger partial charge in [0, 0.05) is 11.9 Å². The van der Waals surface area contributed by atoms with E-state index in [0.717, 1.165) is 36.9 Å². The van der Waals surface area contributed by atoms with Gasteiger partial charge in [0.15, 0.2) is 0 Å². The summed E-state index contributed by atoms with van der Waals surface area (Å²) >= 11 is 0. The van der Waals surface area contributed by atoms with Crippen LogP contribution in [0.5, 0.6) is 0 Å². The highest BCUT2D eigenvalue weighted by Gasteiger charge is 2.31. The van der Waals surface area contributed by atoms with Gasteiger partial charge in [-0.05, 0) is 38.2 Å². The van der Waals surface area contributed by atoms with Crippen LogP contribution in [-0.2, 0) is 0 Å². The molecule has 0 saturated heterocycles. The molecule has 1 aliphatic carbocycles. The summed E-state index contributed by atoms with van der Waals surface area (Å²) in [6.07, 6.45) is 5.84. The first-order chi connectivity index (χ1) is 8.59. The molecule has 1 unspecified atom stereocenters. The van der Waals surface area contributed by atoms with Crippen LogP contribution in [0.3, 0.4) is 0 Å². The second kappa shape index (κ2) is 5.14. The Bertz CT molecular complexity index is 423. The molecule has 1 amide bonds. The number of aromatic amines is 1. The first-order valence-electron chi connectivity index (χ1n) is 6.70. The molecule has 1 aliphatic rings. The van der Waals surface area contributed by atoms with E-state index in [4.69, 9.17) is 0 Å². The second-order valence-corrected chi connectivity index (χ2v) is 5.50. The maximum atomic E-state index is 12.3. The Balaban J connectivity index is 2.08. The number of hydrogen-bond acceptors (Lipinski definition) is 2. The van der Waals surface area contributed by atoms with E-state index in [0.29, 0.717) is 5.92 Å². The van der Waals surface area contributed by atoms with E-state index in [-0.39, 0.29) is 12.5 Å². The van der Waals surface area contributed by atoms with Crippen LogP contribution in [0.1, 0.15) is 61.5 Å². The molecule has 1 aromatic heterocycles. The Kier molecular flexibility index (Phi) is 3.76. The highest BCUT2D eigenvalue weighted by atomic mass is 16.3. The number of carbonyl (C=O) groups is 1. The van der Waals surface area contributed by atoms with E-state index < -0.39 is 5.54 Å². The first-order valence-corrected chi connectivity index (χ1v) is 6.70. The number of rotatable bonds is 6. The maximum Gasteiger partial charge on any atom is 0.253 e. The van der Waals surface area contributed by atoms with Crippen molar-refractivity contribution in [3.63, 3.8) is 0 Å². The molecule has 0 radical (unpaired) electrons. The summed E-state index contributed by atoms with van der Waals surface area (Å²) in [5.41, 5.74) is 1.25. The minimum absolute atomic E-state index is 0.0320. The number of aliphatic hydroxyl groups is 1. The van der Waals surface area contributed by atoms with Crippen LogP contribution in [0.4, 0.5) is 0 Å². The average molecular weight is 250 g/mol. The van der Waals surface area contributed by atoms with Crippen LogP contribution < -0.4 is 5.32 Å². The van der Waals surface area contributed by atoms with Crippen LogP contribution >= 0.6 is 0 Å². The average Bonchev–Trinajstić information content (AvgIpc) is 3.06. The maximum absolute atomic E-state index is 12.3. The summed E-state index contributed by atoms with van der Waals surface area (Å²) in [5.74, 6) is 0.440. The van der Waals surface area contributed by atoms with Gasteiger partial charge in [0.05, 0.1) is 17.7 Å². The number of aliphatic hydroxyl groups excluding tert-OH is 1. The fourth-order valence-electron chi connectivity index (χ4n) is 2.36. The lowest BCUT2D eigenvalue weighted by Gasteiger charge is -2.28. The number of hydrogen-bond donors (Lipinski definition) is 3. The zero-order chi connectivity index (χ0) is 13.2. The summed E-state index contributed by atoms with van der Waals surface area (Å²) < 4.78 is 0. The molecular weight excluding hydrogens is 228 g/mol. The van der Waals surface area contributed by atoms with Crippen molar-refractivity contribution in [2.45, 2.75) is 51.0 Å². The zero-order valence-corrected chi connectivity index (χ0v) is 11.1. The van der Waals surface area contributed by atoms with Crippen molar-refractivity contribution < 1.29 is 9.90 Å². The van der Waals surface area contributed by atoms with Crippen molar-refractivity contribution in [2.24, 2.45) is 0 Å². The molecule has 1 fully saturated rings. The summed E-state index contributed by atoms with van der Waals surface area (Å²) in [5, 5.41) is 12.4. The van der Waals surface area contributed by atoms with Gasteiger partial charge in [-0.2, -0.15) is 0 Å². The van der Waals surface area contributed by atoms with Crippen molar-refractivity contribution in [3.05, 3.63) is 23.5 Å². The van der Waals surface area contributed by atoms with Crippen molar-refractivity contribution in [1.82, 2.24) is 10.3 Å². The molecular formula is C14H22N2O2. The van der Waals surface area contributed by atoms with Crippen LogP contribution in [0.25, 0.3) is 0 Å². The van der Waals surface area contributed by atoms with Crippen molar-refractivity contribution in [1.29, 1.82) is 0 Å². The molecule has 4 nitrogen and oxygen atoms in total. The first kappa shape index (κ1) is 13.1. The van der Waals surface area contributed by atoms with E-state index in [9.17, 15) is 9.90 Å². The third-order valence-electron chi connectivity index (χ3n) is 3.58. The molecule has 3 N–H and O–H groups in total. The van der Waals surface area contributed by atoms with Crippen molar-refractivity contribution in [3.8, 4) is 0 Å². The molecule has 0 spiro atoms. The number of nitrogens with one attached hydrogen (secondary N) is 2. The van der Waals surface area contributed by atoms with Gasteiger partial charge < -0.3 is 15.4 Å². The van der Waals surface area contributed by atoms with Gasteiger partial charge in [0.2, 0.25) is 0 Å². The highest BCUT2D eigenvalue weighted by molar-refractivity contribution is 5.96. The molecule has 1 atom stereocenters. The Labute approximate surface area is 108 Å². The lowest BCUT2D eigenvalue weighted by atomic mass is 9.96. The summed E-state index contributed by atoms with van der Waals surface area (Å²) in [6, 6.07) is 1.83.